The number of aromatic nitrogens is 2. The average molecular weight is 265 g/mol. The van der Waals surface area contributed by atoms with E-state index >= 15 is 0 Å². The van der Waals surface area contributed by atoms with Crippen LogP contribution >= 0.6 is 0 Å². The maximum Gasteiger partial charge on any atom is 0.267 e. The van der Waals surface area contributed by atoms with Crippen molar-refractivity contribution in [3.05, 3.63) is 42.2 Å². The van der Waals surface area contributed by atoms with Gasteiger partial charge in [-0.3, -0.25) is 4.79 Å². The lowest BCUT2D eigenvalue weighted by Gasteiger charge is -2.06. The second-order valence-corrected chi connectivity index (χ2v) is 5.78. The molecule has 0 fully saturated rings. The van der Waals surface area contributed by atoms with Crippen LogP contribution in [0.3, 0.4) is 0 Å². The SMILES string of the molecule is CS(=O)(=O)c1cccc(-n2nccc2C(N)=O)c1. The number of nitrogens with two attached hydrogens (primary N) is 1. The van der Waals surface area contributed by atoms with Gasteiger partial charge in [0.15, 0.2) is 9.84 Å². The van der Waals surface area contributed by atoms with E-state index in [1.54, 1.807) is 12.1 Å². The molecule has 0 saturated heterocycles. The molecule has 1 aromatic heterocycles. The van der Waals surface area contributed by atoms with E-state index in [0.717, 1.165) is 6.26 Å². The van der Waals surface area contributed by atoms with Gasteiger partial charge < -0.3 is 5.73 Å². The predicted molar refractivity (Wildman–Crippen MR) is 65.2 cm³/mol. The van der Waals surface area contributed by atoms with Gasteiger partial charge in [0.1, 0.15) is 5.69 Å². The first-order chi connectivity index (χ1) is 8.39. The van der Waals surface area contributed by atoms with Crippen LogP contribution in [0.1, 0.15) is 10.5 Å². The topological polar surface area (TPSA) is 95.1 Å². The van der Waals surface area contributed by atoms with Crippen molar-refractivity contribution in [1.29, 1.82) is 0 Å². The second-order valence-electron chi connectivity index (χ2n) is 3.76. The summed E-state index contributed by atoms with van der Waals surface area (Å²) in [5.41, 5.74) is 5.87. The number of nitrogens with zero attached hydrogens (tertiary/aromatic N) is 2. The van der Waals surface area contributed by atoms with E-state index in [-0.39, 0.29) is 10.6 Å². The van der Waals surface area contributed by atoms with E-state index < -0.39 is 15.7 Å². The number of carbonyl (C=O) groups excluding carboxylic acids is 1. The molecule has 0 unspecified atom stereocenters. The number of benzene rings is 1. The van der Waals surface area contributed by atoms with Crippen LogP contribution in [0.15, 0.2) is 41.4 Å². The average Bonchev–Trinajstić information content (AvgIpc) is 2.77. The fourth-order valence-corrected chi connectivity index (χ4v) is 2.20. The Kier molecular flexibility index (Phi) is 2.92. The minimum atomic E-state index is -3.31. The molecule has 0 spiro atoms. The number of hydrogen-bond donors (Lipinski definition) is 1. The third-order valence-electron chi connectivity index (χ3n) is 2.39. The minimum absolute atomic E-state index is 0.158. The molecule has 1 heterocycles. The van der Waals surface area contributed by atoms with Gasteiger partial charge in [-0.25, -0.2) is 13.1 Å². The van der Waals surface area contributed by atoms with Crippen LogP contribution in [0.2, 0.25) is 0 Å². The highest BCUT2D eigenvalue weighted by Crippen LogP contribution is 2.15. The van der Waals surface area contributed by atoms with Crippen LogP contribution in [0.5, 0.6) is 0 Å². The summed E-state index contributed by atoms with van der Waals surface area (Å²) in [6, 6.07) is 7.61. The zero-order chi connectivity index (χ0) is 13.3. The molecule has 6 nitrogen and oxygen atoms in total. The smallest absolute Gasteiger partial charge is 0.267 e. The summed E-state index contributed by atoms with van der Waals surface area (Å²) in [7, 11) is -3.31. The summed E-state index contributed by atoms with van der Waals surface area (Å²) in [6.45, 7) is 0. The van der Waals surface area contributed by atoms with Crippen molar-refractivity contribution in [1.82, 2.24) is 9.78 Å². The lowest BCUT2D eigenvalue weighted by Crippen LogP contribution is -2.16. The standard InChI is InChI=1S/C11H11N3O3S/c1-18(16,17)9-4-2-3-8(7-9)14-10(11(12)15)5-6-13-14/h2-7H,1H3,(H2,12,15). The Hall–Kier alpha value is -2.15. The molecule has 7 heteroatoms. The highest BCUT2D eigenvalue weighted by atomic mass is 32.2. The molecular formula is C11H11N3O3S. The van der Waals surface area contributed by atoms with Crippen LogP contribution in [0.25, 0.3) is 5.69 Å². The molecule has 94 valence electrons. The monoisotopic (exact) mass is 265 g/mol. The van der Waals surface area contributed by atoms with Gasteiger partial charge in [-0.05, 0) is 24.3 Å². The molecule has 0 saturated carbocycles. The number of amides is 1. The van der Waals surface area contributed by atoms with Crippen LogP contribution in [0, 0.1) is 0 Å². The van der Waals surface area contributed by atoms with Gasteiger partial charge in [0, 0.05) is 6.26 Å². The van der Waals surface area contributed by atoms with Crippen LogP contribution in [-0.4, -0.2) is 30.4 Å². The molecular weight excluding hydrogens is 254 g/mol. The Labute approximate surface area is 104 Å². The Morgan fingerprint density at radius 1 is 1.33 bits per heavy atom. The third-order valence-corrected chi connectivity index (χ3v) is 3.50. The van der Waals surface area contributed by atoms with E-state index in [2.05, 4.69) is 5.10 Å². The van der Waals surface area contributed by atoms with Crippen molar-refractivity contribution in [3.8, 4) is 5.69 Å². The number of hydrogen-bond acceptors (Lipinski definition) is 4. The summed E-state index contributed by atoms with van der Waals surface area (Å²) in [5, 5.41) is 3.95. The Balaban J connectivity index is 2.59. The third kappa shape index (κ3) is 2.25. The molecule has 1 aromatic carbocycles. The second kappa shape index (κ2) is 4.26. The Morgan fingerprint density at radius 2 is 2.06 bits per heavy atom. The summed E-state index contributed by atoms with van der Waals surface area (Å²) in [6.07, 6.45) is 2.54. The minimum Gasteiger partial charge on any atom is -0.364 e. The van der Waals surface area contributed by atoms with E-state index in [1.807, 2.05) is 0 Å². The molecule has 0 bridgehead atoms. The van der Waals surface area contributed by atoms with Gasteiger partial charge in [-0.15, -0.1) is 0 Å². The van der Waals surface area contributed by atoms with Crippen LogP contribution in [0.4, 0.5) is 0 Å². The molecule has 0 aliphatic carbocycles. The van der Waals surface area contributed by atoms with Crippen LogP contribution < -0.4 is 5.73 Å². The molecule has 0 aliphatic heterocycles. The molecule has 1 amide bonds. The number of carbonyl (C=O) groups is 1. The Bertz CT molecular complexity index is 704. The number of primary amides is 1. The van der Waals surface area contributed by atoms with Crippen molar-refractivity contribution >= 4 is 15.7 Å². The van der Waals surface area contributed by atoms with Gasteiger partial charge in [0.2, 0.25) is 0 Å². The van der Waals surface area contributed by atoms with E-state index in [1.165, 1.54) is 29.1 Å². The zero-order valence-electron chi connectivity index (χ0n) is 9.57. The molecule has 2 N–H and O–H groups in total. The van der Waals surface area contributed by atoms with Crippen LogP contribution in [-0.2, 0) is 9.84 Å². The maximum absolute atomic E-state index is 11.5. The summed E-state index contributed by atoms with van der Waals surface area (Å²) >= 11 is 0. The maximum atomic E-state index is 11.5. The van der Waals surface area contributed by atoms with Gasteiger partial charge in [-0.1, -0.05) is 6.07 Å². The predicted octanol–water partition coefficient (Wildman–Crippen LogP) is 0.375. The first kappa shape index (κ1) is 12.3. The van der Waals surface area contributed by atoms with Crippen molar-refractivity contribution < 1.29 is 13.2 Å². The summed E-state index contributed by atoms with van der Waals surface area (Å²) < 4.78 is 24.2. The lowest BCUT2D eigenvalue weighted by atomic mass is 10.3. The van der Waals surface area contributed by atoms with Gasteiger partial charge in [-0.2, -0.15) is 5.10 Å². The highest BCUT2D eigenvalue weighted by molar-refractivity contribution is 7.90. The highest BCUT2D eigenvalue weighted by Gasteiger charge is 2.12. The lowest BCUT2D eigenvalue weighted by molar-refractivity contribution is 0.0993. The van der Waals surface area contributed by atoms with Crippen molar-refractivity contribution in [2.24, 2.45) is 5.73 Å². The molecule has 2 aromatic rings. The largest absolute Gasteiger partial charge is 0.364 e. The van der Waals surface area contributed by atoms with Crippen molar-refractivity contribution in [2.45, 2.75) is 4.90 Å². The fourth-order valence-electron chi connectivity index (χ4n) is 1.54. The fraction of sp³-hybridized carbons (Fsp3) is 0.0909. The van der Waals surface area contributed by atoms with E-state index in [0.29, 0.717) is 5.69 Å². The quantitative estimate of drug-likeness (QED) is 0.867. The summed E-state index contributed by atoms with van der Waals surface area (Å²) in [5.74, 6) is -0.628. The molecule has 0 aliphatic rings. The normalized spacial score (nSPS) is 11.4. The van der Waals surface area contributed by atoms with Crippen molar-refractivity contribution in [2.75, 3.05) is 6.26 Å². The molecule has 18 heavy (non-hydrogen) atoms. The van der Waals surface area contributed by atoms with Gasteiger partial charge in [0.05, 0.1) is 16.8 Å². The number of sulfone groups is 1. The number of rotatable bonds is 3. The van der Waals surface area contributed by atoms with Gasteiger partial charge >= 0.3 is 0 Å². The zero-order valence-corrected chi connectivity index (χ0v) is 10.4. The van der Waals surface area contributed by atoms with E-state index in [4.69, 9.17) is 5.73 Å². The van der Waals surface area contributed by atoms with Gasteiger partial charge in [0.25, 0.3) is 5.91 Å². The molecule has 0 atom stereocenters. The first-order valence-electron chi connectivity index (χ1n) is 5.04. The van der Waals surface area contributed by atoms with Crippen molar-refractivity contribution in [3.63, 3.8) is 0 Å². The Morgan fingerprint density at radius 3 is 2.67 bits per heavy atom. The van der Waals surface area contributed by atoms with E-state index in [9.17, 15) is 13.2 Å². The first-order valence-corrected chi connectivity index (χ1v) is 6.93. The molecule has 2 rings (SSSR count). The molecule has 0 radical (unpaired) electrons. The summed E-state index contributed by atoms with van der Waals surface area (Å²) in [4.78, 5) is 11.3.